The number of hydrogen-bond donors (Lipinski definition) is 0. The van der Waals surface area contributed by atoms with Gasteiger partial charge in [-0.25, -0.2) is 8.42 Å². The zero-order valence-corrected chi connectivity index (χ0v) is 25.1. The fraction of sp³-hybridized carbons (Fsp3) is 0.484. The van der Waals surface area contributed by atoms with Gasteiger partial charge in [0.05, 0.1) is 23.1 Å². The average Bonchev–Trinajstić information content (AvgIpc) is 3.51. The number of benzene rings is 1. The van der Waals surface area contributed by atoms with Gasteiger partial charge in [0.1, 0.15) is 6.61 Å². The van der Waals surface area contributed by atoms with E-state index in [1.165, 1.54) is 17.8 Å². The van der Waals surface area contributed by atoms with Gasteiger partial charge in [-0.3, -0.25) is 9.78 Å². The molecule has 1 amide bonds. The molecule has 1 atom stereocenters. The van der Waals surface area contributed by atoms with Crippen LogP contribution in [0.2, 0.25) is 0 Å². The maximum atomic E-state index is 13.7. The molecule has 3 aliphatic heterocycles. The normalized spacial score (nSPS) is 20.9. The van der Waals surface area contributed by atoms with E-state index >= 15 is 0 Å². The van der Waals surface area contributed by atoms with Gasteiger partial charge in [0, 0.05) is 69.2 Å². The fourth-order valence-corrected chi connectivity index (χ4v) is 8.62. The molecule has 236 valence electrons. The van der Waals surface area contributed by atoms with Gasteiger partial charge in [0.25, 0.3) is 0 Å². The van der Waals surface area contributed by atoms with E-state index < -0.39 is 32.7 Å². The number of hydrogen-bond acceptors (Lipinski definition) is 6. The number of alkyl halides is 3. The SMILES string of the molecule is O=C(COCC1c2cccn2CCN1S(=O)(=O)c1ccccc1C(F)(F)F)N1CCC2(CC1)CCN(c1ccncc1)CC2. The minimum absolute atomic E-state index is 0.0228. The lowest BCUT2D eigenvalue weighted by molar-refractivity contribution is -0.140. The van der Waals surface area contributed by atoms with Crippen molar-refractivity contribution in [1.82, 2.24) is 18.8 Å². The molecule has 13 heteroatoms. The number of nitrogens with zero attached hydrogens (tertiary/aromatic N) is 5. The van der Waals surface area contributed by atoms with Gasteiger partial charge in [-0.15, -0.1) is 0 Å². The first kappa shape index (κ1) is 30.6. The Labute approximate surface area is 255 Å². The molecular weight excluding hydrogens is 595 g/mol. The molecule has 3 aliphatic rings. The highest BCUT2D eigenvalue weighted by Gasteiger charge is 2.43. The van der Waals surface area contributed by atoms with Gasteiger partial charge in [0.15, 0.2) is 0 Å². The molecule has 2 fully saturated rings. The van der Waals surface area contributed by atoms with Crippen molar-refractivity contribution in [2.45, 2.75) is 49.3 Å². The fourth-order valence-electron chi connectivity index (χ4n) is 6.83. The maximum absolute atomic E-state index is 13.7. The Hall–Kier alpha value is -3.42. The molecular formula is C31H36F3N5O4S. The first-order chi connectivity index (χ1) is 21.1. The van der Waals surface area contributed by atoms with E-state index in [0.29, 0.717) is 25.3 Å². The summed E-state index contributed by atoms with van der Waals surface area (Å²) in [5.74, 6) is -0.169. The molecule has 9 nitrogen and oxygen atoms in total. The van der Waals surface area contributed by atoms with Gasteiger partial charge in [-0.2, -0.15) is 17.5 Å². The molecule has 44 heavy (non-hydrogen) atoms. The van der Waals surface area contributed by atoms with Crippen LogP contribution in [-0.4, -0.2) is 79.0 Å². The number of aromatic nitrogens is 2. The Balaban J connectivity index is 1.07. The van der Waals surface area contributed by atoms with Gasteiger partial charge >= 0.3 is 6.18 Å². The van der Waals surface area contributed by atoms with E-state index in [-0.39, 0.29) is 31.1 Å². The number of carbonyl (C=O) groups is 1. The van der Waals surface area contributed by atoms with Crippen LogP contribution in [0.3, 0.4) is 0 Å². The quantitative estimate of drug-likeness (QED) is 0.380. The first-order valence-corrected chi connectivity index (χ1v) is 16.4. The number of pyridine rings is 1. The van der Waals surface area contributed by atoms with Crippen molar-refractivity contribution in [3.8, 4) is 0 Å². The summed E-state index contributed by atoms with van der Waals surface area (Å²) in [5, 5.41) is 0. The highest BCUT2D eigenvalue weighted by atomic mass is 32.2. The van der Waals surface area contributed by atoms with Crippen molar-refractivity contribution in [1.29, 1.82) is 0 Å². The highest BCUT2D eigenvalue weighted by molar-refractivity contribution is 7.89. The maximum Gasteiger partial charge on any atom is 0.417 e. The van der Waals surface area contributed by atoms with E-state index in [0.717, 1.165) is 55.2 Å². The Morgan fingerprint density at radius 2 is 1.59 bits per heavy atom. The first-order valence-electron chi connectivity index (χ1n) is 14.9. The number of fused-ring (bicyclic) bond motifs is 1. The minimum atomic E-state index is -4.83. The number of likely N-dealkylation sites (tertiary alicyclic amines) is 1. The van der Waals surface area contributed by atoms with Crippen molar-refractivity contribution in [2.24, 2.45) is 5.41 Å². The molecule has 0 aliphatic carbocycles. The molecule has 2 aromatic heterocycles. The summed E-state index contributed by atoms with van der Waals surface area (Å²) in [6.07, 6.45) is 4.55. The molecule has 1 aromatic carbocycles. The van der Waals surface area contributed by atoms with Crippen LogP contribution >= 0.6 is 0 Å². The molecule has 2 saturated heterocycles. The van der Waals surface area contributed by atoms with Crippen LogP contribution in [0.1, 0.15) is 43.0 Å². The van der Waals surface area contributed by atoms with Gasteiger partial charge in [-0.1, -0.05) is 12.1 Å². The molecule has 0 radical (unpaired) electrons. The monoisotopic (exact) mass is 631 g/mol. The van der Waals surface area contributed by atoms with Crippen LogP contribution < -0.4 is 4.90 Å². The predicted octanol–water partition coefficient (Wildman–Crippen LogP) is 4.57. The Bertz CT molecular complexity index is 1560. The third-order valence-electron chi connectivity index (χ3n) is 9.42. The zero-order chi connectivity index (χ0) is 31.0. The van der Waals surface area contributed by atoms with Crippen LogP contribution in [0.4, 0.5) is 18.9 Å². The van der Waals surface area contributed by atoms with Gasteiger partial charge in [0.2, 0.25) is 15.9 Å². The summed E-state index contributed by atoms with van der Waals surface area (Å²) in [4.78, 5) is 20.6. The van der Waals surface area contributed by atoms with Crippen LogP contribution in [-0.2, 0) is 32.3 Å². The molecule has 1 spiro atoms. The van der Waals surface area contributed by atoms with E-state index in [1.54, 1.807) is 35.6 Å². The number of carbonyl (C=O) groups excluding carboxylic acids is 1. The molecule has 5 heterocycles. The minimum Gasteiger partial charge on any atom is -0.371 e. The third kappa shape index (κ3) is 6.09. The number of ether oxygens (including phenoxy) is 1. The summed E-state index contributed by atoms with van der Waals surface area (Å²) in [6, 6.07) is 10.9. The van der Waals surface area contributed by atoms with Crippen molar-refractivity contribution < 1.29 is 31.1 Å². The summed E-state index contributed by atoms with van der Waals surface area (Å²) in [5.41, 5.74) is 0.799. The summed E-state index contributed by atoms with van der Waals surface area (Å²) in [6.45, 7) is 3.09. The second-order valence-corrected chi connectivity index (χ2v) is 13.7. The third-order valence-corrected chi connectivity index (χ3v) is 11.4. The summed E-state index contributed by atoms with van der Waals surface area (Å²) in [7, 11) is -4.54. The zero-order valence-electron chi connectivity index (χ0n) is 24.3. The Morgan fingerprint density at radius 3 is 2.30 bits per heavy atom. The highest BCUT2D eigenvalue weighted by Crippen LogP contribution is 2.42. The number of amides is 1. The smallest absolute Gasteiger partial charge is 0.371 e. The van der Waals surface area contributed by atoms with Gasteiger partial charge in [-0.05, 0) is 67.5 Å². The van der Waals surface area contributed by atoms with Crippen molar-refractivity contribution in [3.05, 3.63) is 78.4 Å². The van der Waals surface area contributed by atoms with Crippen LogP contribution in [0, 0.1) is 5.41 Å². The van der Waals surface area contributed by atoms with Crippen molar-refractivity contribution in [2.75, 3.05) is 50.8 Å². The number of rotatable bonds is 7. The van der Waals surface area contributed by atoms with E-state index in [1.807, 2.05) is 16.7 Å². The average molecular weight is 632 g/mol. The second-order valence-electron chi connectivity index (χ2n) is 11.8. The van der Waals surface area contributed by atoms with E-state index in [2.05, 4.69) is 9.88 Å². The van der Waals surface area contributed by atoms with Crippen LogP contribution in [0.15, 0.2) is 72.0 Å². The molecule has 1 unspecified atom stereocenters. The van der Waals surface area contributed by atoms with Crippen LogP contribution in [0.5, 0.6) is 0 Å². The standard InChI is InChI=1S/C31H36F3N5O4S/c32-31(33,34)25-4-1-2-6-28(25)44(41,42)39-21-20-37-15-3-5-26(37)27(39)22-43-23-29(40)38-18-11-30(12-19-38)9-16-36(17-10-30)24-7-13-35-14-8-24/h1-8,13-15,27H,9-12,16-23H2. The number of halogens is 3. The number of piperidine rings is 2. The lowest BCUT2D eigenvalue weighted by atomic mass is 9.71. The topological polar surface area (TPSA) is 88.0 Å². The summed E-state index contributed by atoms with van der Waals surface area (Å²) < 4.78 is 77.3. The van der Waals surface area contributed by atoms with Gasteiger partial charge < -0.3 is 19.1 Å². The Kier molecular flexibility index (Phi) is 8.46. The molecule has 0 N–H and O–H groups in total. The van der Waals surface area contributed by atoms with Crippen molar-refractivity contribution >= 4 is 21.6 Å². The Morgan fingerprint density at radius 1 is 0.909 bits per heavy atom. The van der Waals surface area contributed by atoms with E-state index in [4.69, 9.17) is 4.74 Å². The molecule has 6 rings (SSSR count). The molecule has 3 aromatic rings. The predicted molar refractivity (Wildman–Crippen MR) is 157 cm³/mol. The lowest BCUT2D eigenvalue weighted by Gasteiger charge is -2.47. The molecule has 0 saturated carbocycles. The summed E-state index contributed by atoms with van der Waals surface area (Å²) >= 11 is 0. The van der Waals surface area contributed by atoms with Crippen LogP contribution in [0.25, 0.3) is 0 Å². The van der Waals surface area contributed by atoms with Crippen molar-refractivity contribution in [3.63, 3.8) is 0 Å². The second kappa shape index (κ2) is 12.2. The largest absolute Gasteiger partial charge is 0.417 e. The number of sulfonamides is 1. The molecule has 0 bridgehead atoms. The lowest BCUT2D eigenvalue weighted by Crippen LogP contribution is -2.49. The van der Waals surface area contributed by atoms with E-state index in [9.17, 15) is 26.4 Å². The number of anilines is 1.